The second-order valence-electron chi connectivity index (χ2n) is 7.40. The molecule has 1 atom stereocenters. The molecule has 1 aromatic carbocycles. The fourth-order valence-electron chi connectivity index (χ4n) is 3.76. The van der Waals surface area contributed by atoms with Gasteiger partial charge in [-0.05, 0) is 24.3 Å². The van der Waals surface area contributed by atoms with Crippen molar-refractivity contribution in [1.82, 2.24) is 19.2 Å². The summed E-state index contributed by atoms with van der Waals surface area (Å²) >= 11 is 1.43. The lowest BCUT2D eigenvalue weighted by atomic mass is 10.2. The van der Waals surface area contributed by atoms with Crippen LogP contribution in [0.1, 0.15) is 0 Å². The molecule has 2 aliphatic rings. The van der Waals surface area contributed by atoms with Crippen molar-refractivity contribution in [3.05, 3.63) is 54.9 Å². The van der Waals surface area contributed by atoms with Crippen LogP contribution in [0.15, 0.2) is 60.0 Å². The maximum atomic E-state index is 12.8. The Hall–Kier alpha value is -3.20. The molecule has 0 bridgehead atoms. The number of pyridine rings is 1. The zero-order chi connectivity index (χ0) is 21.2. The molecule has 0 N–H and O–H groups in total. The van der Waals surface area contributed by atoms with Crippen LogP contribution < -0.4 is 9.47 Å². The molecule has 160 valence electrons. The predicted octanol–water partition coefficient (Wildman–Crippen LogP) is 1.94. The van der Waals surface area contributed by atoms with Crippen molar-refractivity contribution >= 4 is 29.1 Å². The first kappa shape index (κ1) is 19.7. The standard InChI is InChI=1S/C22H22N4O4S/c27-20(15-31-22-23-13-16-5-3-4-8-26(16)22)24-9-11-25(12-10-24)21(28)19-14-29-17-6-1-2-7-18(17)30-19/h1-8,13,19H,9-12,14-15H2/t19-/m0/s1. The molecule has 8 nitrogen and oxygen atoms in total. The van der Waals surface area contributed by atoms with Crippen LogP contribution in [0.3, 0.4) is 0 Å². The number of ether oxygens (including phenoxy) is 2. The monoisotopic (exact) mass is 438 g/mol. The maximum absolute atomic E-state index is 12.8. The largest absolute Gasteiger partial charge is 0.485 e. The minimum absolute atomic E-state index is 0.0518. The van der Waals surface area contributed by atoms with Crippen LogP contribution >= 0.6 is 11.8 Å². The topological polar surface area (TPSA) is 76.4 Å². The molecule has 2 aromatic heterocycles. The van der Waals surface area contributed by atoms with Gasteiger partial charge in [0.2, 0.25) is 12.0 Å². The molecule has 0 unspecified atom stereocenters. The molecular formula is C22H22N4O4S. The van der Waals surface area contributed by atoms with E-state index in [4.69, 9.17) is 9.47 Å². The van der Waals surface area contributed by atoms with Crippen LogP contribution in [-0.2, 0) is 9.59 Å². The number of hydrogen-bond donors (Lipinski definition) is 0. The van der Waals surface area contributed by atoms with Crippen molar-refractivity contribution in [2.24, 2.45) is 0 Å². The molecule has 2 amide bonds. The van der Waals surface area contributed by atoms with Gasteiger partial charge in [0, 0.05) is 32.4 Å². The Labute approximate surface area is 183 Å². The average molecular weight is 439 g/mol. The zero-order valence-electron chi connectivity index (χ0n) is 16.8. The predicted molar refractivity (Wildman–Crippen MR) is 115 cm³/mol. The summed E-state index contributed by atoms with van der Waals surface area (Å²) in [5.41, 5.74) is 1.00. The van der Waals surface area contributed by atoms with Gasteiger partial charge >= 0.3 is 0 Å². The molecule has 1 saturated heterocycles. The van der Waals surface area contributed by atoms with Crippen molar-refractivity contribution in [3.8, 4) is 11.5 Å². The van der Waals surface area contributed by atoms with E-state index in [9.17, 15) is 9.59 Å². The van der Waals surface area contributed by atoms with Gasteiger partial charge in [-0.2, -0.15) is 0 Å². The Morgan fingerprint density at radius 2 is 1.74 bits per heavy atom. The molecule has 31 heavy (non-hydrogen) atoms. The van der Waals surface area contributed by atoms with Crippen molar-refractivity contribution < 1.29 is 19.1 Å². The third-order valence-corrected chi connectivity index (χ3v) is 6.41. The number of fused-ring (bicyclic) bond motifs is 2. The first-order chi connectivity index (χ1) is 15.2. The van der Waals surface area contributed by atoms with E-state index in [1.807, 2.05) is 47.0 Å². The van der Waals surface area contributed by atoms with Crippen LogP contribution in [0.2, 0.25) is 0 Å². The molecule has 9 heteroatoms. The summed E-state index contributed by atoms with van der Waals surface area (Å²) in [6, 6.07) is 13.2. The van der Waals surface area contributed by atoms with Crippen molar-refractivity contribution in [3.63, 3.8) is 0 Å². The zero-order valence-corrected chi connectivity index (χ0v) is 17.7. The minimum atomic E-state index is -0.651. The number of para-hydroxylation sites is 2. The summed E-state index contributed by atoms with van der Waals surface area (Å²) in [6.45, 7) is 2.20. The van der Waals surface area contributed by atoms with Crippen LogP contribution in [0.25, 0.3) is 5.52 Å². The Morgan fingerprint density at radius 3 is 2.58 bits per heavy atom. The van der Waals surface area contributed by atoms with E-state index in [-0.39, 0.29) is 18.4 Å². The SMILES string of the molecule is O=C(CSc1ncc2ccccn12)N1CCN(C(=O)[C@@H]2COc3ccccc3O2)CC1. The van der Waals surface area contributed by atoms with E-state index in [2.05, 4.69) is 4.98 Å². The number of imidazole rings is 1. The molecular weight excluding hydrogens is 416 g/mol. The highest BCUT2D eigenvalue weighted by atomic mass is 32.2. The first-order valence-corrected chi connectivity index (χ1v) is 11.2. The Bertz CT molecular complexity index is 1110. The summed E-state index contributed by atoms with van der Waals surface area (Å²) in [7, 11) is 0. The normalized spacial score (nSPS) is 18.3. The Balaban J connectivity index is 1.12. The number of nitrogens with zero attached hydrogens (tertiary/aromatic N) is 4. The number of hydrogen-bond acceptors (Lipinski definition) is 6. The number of benzene rings is 1. The van der Waals surface area contributed by atoms with Crippen LogP contribution in [0.4, 0.5) is 0 Å². The highest BCUT2D eigenvalue weighted by Crippen LogP contribution is 2.31. The number of carbonyl (C=O) groups is 2. The van der Waals surface area contributed by atoms with E-state index in [0.29, 0.717) is 43.4 Å². The third kappa shape index (κ3) is 4.05. The lowest BCUT2D eigenvalue weighted by molar-refractivity contribution is -0.145. The van der Waals surface area contributed by atoms with E-state index in [1.54, 1.807) is 22.1 Å². The first-order valence-electron chi connectivity index (χ1n) is 10.2. The molecule has 0 saturated carbocycles. The van der Waals surface area contributed by atoms with Gasteiger partial charge in [-0.25, -0.2) is 4.98 Å². The smallest absolute Gasteiger partial charge is 0.267 e. The summed E-state index contributed by atoms with van der Waals surface area (Å²) in [4.78, 5) is 33.5. The fraction of sp³-hybridized carbons (Fsp3) is 0.318. The molecule has 0 aliphatic carbocycles. The molecule has 5 rings (SSSR count). The van der Waals surface area contributed by atoms with Crippen molar-refractivity contribution in [2.75, 3.05) is 38.5 Å². The van der Waals surface area contributed by atoms with Gasteiger partial charge in [-0.3, -0.25) is 14.0 Å². The van der Waals surface area contributed by atoms with E-state index in [1.165, 1.54) is 11.8 Å². The van der Waals surface area contributed by atoms with Gasteiger partial charge in [0.05, 0.1) is 17.5 Å². The second kappa shape index (κ2) is 8.50. The summed E-state index contributed by atoms with van der Waals surface area (Å²) in [5.74, 6) is 1.52. The number of aromatic nitrogens is 2. The van der Waals surface area contributed by atoms with Crippen LogP contribution in [0, 0.1) is 0 Å². The van der Waals surface area contributed by atoms with Gasteiger partial charge in [-0.1, -0.05) is 30.0 Å². The Kier molecular flexibility index (Phi) is 5.42. The number of piperazine rings is 1. The van der Waals surface area contributed by atoms with Gasteiger partial charge < -0.3 is 19.3 Å². The second-order valence-corrected chi connectivity index (χ2v) is 8.34. The number of thioether (sulfide) groups is 1. The van der Waals surface area contributed by atoms with Crippen molar-refractivity contribution in [2.45, 2.75) is 11.3 Å². The quantitative estimate of drug-likeness (QED) is 0.580. The maximum Gasteiger partial charge on any atom is 0.267 e. The van der Waals surface area contributed by atoms with Gasteiger partial charge in [0.25, 0.3) is 5.91 Å². The van der Waals surface area contributed by atoms with Gasteiger partial charge in [0.1, 0.15) is 6.61 Å². The fourth-order valence-corrected chi connectivity index (χ4v) is 4.63. The lowest BCUT2D eigenvalue weighted by Gasteiger charge is -2.37. The highest BCUT2D eigenvalue weighted by molar-refractivity contribution is 7.99. The van der Waals surface area contributed by atoms with E-state index < -0.39 is 6.10 Å². The number of carbonyl (C=O) groups excluding carboxylic acids is 2. The summed E-state index contributed by atoms with van der Waals surface area (Å²) < 4.78 is 13.5. The van der Waals surface area contributed by atoms with Gasteiger partial charge in [0.15, 0.2) is 16.7 Å². The third-order valence-electron chi connectivity index (χ3n) is 5.46. The summed E-state index contributed by atoms with van der Waals surface area (Å²) in [5, 5.41) is 0.799. The minimum Gasteiger partial charge on any atom is -0.485 e. The molecule has 1 fully saturated rings. The van der Waals surface area contributed by atoms with Crippen LogP contribution in [0.5, 0.6) is 11.5 Å². The molecule has 0 radical (unpaired) electrons. The number of amides is 2. The van der Waals surface area contributed by atoms with E-state index in [0.717, 1.165) is 10.7 Å². The van der Waals surface area contributed by atoms with Crippen LogP contribution in [-0.4, -0.2) is 75.6 Å². The average Bonchev–Trinajstić information content (AvgIpc) is 3.25. The van der Waals surface area contributed by atoms with E-state index >= 15 is 0 Å². The lowest BCUT2D eigenvalue weighted by Crippen LogP contribution is -2.55. The summed E-state index contributed by atoms with van der Waals surface area (Å²) in [6.07, 6.45) is 3.09. The molecule has 3 aromatic rings. The van der Waals surface area contributed by atoms with Crippen molar-refractivity contribution in [1.29, 1.82) is 0 Å². The number of rotatable bonds is 4. The van der Waals surface area contributed by atoms with Gasteiger partial charge in [-0.15, -0.1) is 0 Å². The Morgan fingerprint density at radius 1 is 1.00 bits per heavy atom. The molecule has 4 heterocycles. The molecule has 0 spiro atoms. The molecule has 2 aliphatic heterocycles. The highest BCUT2D eigenvalue weighted by Gasteiger charge is 2.33.